The molecule has 0 bridgehead atoms. The molecule has 3 aromatic rings. The van der Waals surface area contributed by atoms with Crippen molar-refractivity contribution in [2.24, 2.45) is 0 Å². The van der Waals surface area contributed by atoms with Gasteiger partial charge >= 0.3 is 0 Å². The molecule has 32 heavy (non-hydrogen) atoms. The lowest BCUT2D eigenvalue weighted by atomic mass is 9.94. The number of carbonyl (C=O) groups excluding carboxylic acids is 2. The Kier molecular flexibility index (Phi) is 6.69. The van der Waals surface area contributed by atoms with Crippen LogP contribution in [0.5, 0.6) is 0 Å². The van der Waals surface area contributed by atoms with Gasteiger partial charge in [-0.2, -0.15) is 0 Å². The third kappa shape index (κ3) is 4.74. The lowest BCUT2D eigenvalue weighted by molar-refractivity contribution is -0.123. The second-order valence-electron chi connectivity index (χ2n) is 8.20. The largest absolute Gasteiger partial charge is 0.469 e. The van der Waals surface area contributed by atoms with Crippen LogP contribution in [0.15, 0.2) is 71.3 Å². The molecule has 1 saturated carbocycles. The molecule has 166 valence electrons. The van der Waals surface area contributed by atoms with Gasteiger partial charge in [-0.05, 0) is 55.7 Å². The first kappa shape index (κ1) is 21.8. The number of rotatable bonds is 6. The molecule has 1 N–H and O–H groups in total. The Labute approximate surface area is 187 Å². The first-order chi connectivity index (χ1) is 15.5. The quantitative estimate of drug-likeness (QED) is 0.552. The van der Waals surface area contributed by atoms with Gasteiger partial charge in [-0.3, -0.25) is 14.5 Å². The number of aryl methyl sites for hydroxylation is 1. The van der Waals surface area contributed by atoms with E-state index in [4.69, 9.17) is 4.42 Å². The first-order valence-corrected chi connectivity index (χ1v) is 11.0. The molecule has 1 heterocycles. The first-order valence-electron chi connectivity index (χ1n) is 11.0. The summed E-state index contributed by atoms with van der Waals surface area (Å²) in [6.07, 6.45) is 6.61. The van der Waals surface area contributed by atoms with E-state index in [-0.39, 0.29) is 17.9 Å². The predicted octanol–water partition coefficient (Wildman–Crippen LogP) is 5.56. The average Bonchev–Trinajstić information content (AvgIpc) is 3.25. The molecule has 1 fully saturated rings. The van der Waals surface area contributed by atoms with Crippen molar-refractivity contribution >= 4 is 17.5 Å². The van der Waals surface area contributed by atoms with E-state index in [0.29, 0.717) is 22.6 Å². The molecule has 0 saturated heterocycles. The average molecular weight is 435 g/mol. The van der Waals surface area contributed by atoms with Gasteiger partial charge in [0.25, 0.3) is 5.91 Å². The molecule has 0 radical (unpaired) electrons. The Bertz CT molecular complexity index is 1060. The maximum absolute atomic E-state index is 13.7. The fraction of sp³-hybridized carbons (Fsp3) is 0.308. The maximum Gasteiger partial charge on any atom is 0.262 e. The molecule has 1 aromatic heterocycles. The van der Waals surface area contributed by atoms with Crippen molar-refractivity contribution in [3.63, 3.8) is 0 Å². The Hall–Kier alpha value is -3.41. The van der Waals surface area contributed by atoms with Crippen molar-refractivity contribution in [1.29, 1.82) is 0 Å². The molecule has 0 unspecified atom stereocenters. The van der Waals surface area contributed by atoms with Gasteiger partial charge in [0, 0.05) is 11.7 Å². The maximum atomic E-state index is 13.7. The van der Waals surface area contributed by atoms with Crippen LogP contribution in [0.3, 0.4) is 0 Å². The molecule has 1 aliphatic rings. The summed E-state index contributed by atoms with van der Waals surface area (Å²) < 4.78 is 19.0. The molecule has 2 aromatic carbocycles. The Morgan fingerprint density at radius 2 is 1.69 bits per heavy atom. The zero-order valence-corrected chi connectivity index (χ0v) is 18.1. The van der Waals surface area contributed by atoms with E-state index in [0.717, 1.165) is 25.7 Å². The summed E-state index contributed by atoms with van der Waals surface area (Å²) in [4.78, 5) is 28.8. The highest BCUT2D eigenvalue weighted by Gasteiger charge is 2.35. The van der Waals surface area contributed by atoms with Gasteiger partial charge in [0.2, 0.25) is 5.91 Å². The minimum atomic E-state index is -0.957. The number of para-hydroxylation sites is 1. The third-order valence-electron chi connectivity index (χ3n) is 5.99. The van der Waals surface area contributed by atoms with Crippen LogP contribution >= 0.6 is 0 Å². The lowest BCUT2D eigenvalue weighted by Gasteiger charge is -2.33. The fourth-order valence-corrected chi connectivity index (χ4v) is 4.30. The number of nitrogens with zero attached hydrogens (tertiary/aromatic N) is 1. The molecule has 2 amide bonds. The standard InChI is InChI=1S/C26H27FN2O3/c1-18-23(16-17-32-18)26(31)29(22-10-6-3-7-11-22)24(19-12-14-20(27)15-13-19)25(30)28-21-8-4-2-5-9-21/h3,6-7,10-17,21,24H,2,4-5,8-9H2,1H3,(H,28,30)/t24-/m1/s1. The van der Waals surface area contributed by atoms with Crippen molar-refractivity contribution < 1.29 is 18.4 Å². The van der Waals surface area contributed by atoms with Crippen LogP contribution in [0, 0.1) is 12.7 Å². The number of furan rings is 1. The highest BCUT2D eigenvalue weighted by molar-refractivity contribution is 6.10. The van der Waals surface area contributed by atoms with E-state index in [2.05, 4.69) is 5.32 Å². The smallest absolute Gasteiger partial charge is 0.262 e. The number of nitrogens with one attached hydrogen (secondary N) is 1. The highest BCUT2D eigenvalue weighted by atomic mass is 19.1. The Balaban J connectivity index is 1.78. The summed E-state index contributed by atoms with van der Waals surface area (Å²) >= 11 is 0. The van der Waals surface area contributed by atoms with Crippen LogP contribution in [0.25, 0.3) is 0 Å². The summed E-state index contributed by atoms with van der Waals surface area (Å²) in [6.45, 7) is 1.71. The van der Waals surface area contributed by atoms with E-state index in [1.807, 2.05) is 18.2 Å². The highest BCUT2D eigenvalue weighted by Crippen LogP contribution is 2.31. The monoisotopic (exact) mass is 434 g/mol. The summed E-state index contributed by atoms with van der Waals surface area (Å²) in [5.74, 6) is -0.553. The third-order valence-corrected chi connectivity index (χ3v) is 5.99. The number of halogens is 1. The van der Waals surface area contributed by atoms with E-state index in [9.17, 15) is 14.0 Å². The molecule has 1 aliphatic carbocycles. The molecule has 1 atom stereocenters. The summed E-state index contributed by atoms with van der Waals surface area (Å²) in [5.41, 5.74) is 1.50. The normalized spacial score (nSPS) is 15.2. The number of amides is 2. The molecule has 4 rings (SSSR count). The zero-order chi connectivity index (χ0) is 22.5. The van der Waals surface area contributed by atoms with Gasteiger partial charge in [0.05, 0.1) is 11.8 Å². The van der Waals surface area contributed by atoms with Gasteiger partial charge < -0.3 is 9.73 Å². The number of carbonyl (C=O) groups is 2. The Morgan fingerprint density at radius 3 is 2.31 bits per heavy atom. The van der Waals surface area contributed by atoms with Crippen molar-refractivity contribution in [2.75, 3.05) is 4.90 Å². The predicted molar refractivity (Wildman–Crippen MR) is 121 cm³/mol. The van der Waals surface area contributed by atoms with Crippen molar-refractivity contribution in [3.05, 3.63) is 89.6 Å². The van der Waals surface area contributed by atoms with Gasteiger partial charge in [0.15, 0.2) is 0 Å². The van der Waals surface area contributed by atoms with Crippen LogP contribution in [0.1, 0.15) is 59.8 Å². The van der Waals surface area contributed by atoms with Gasteiger partial charge in [-0.1, -0.05) is 49.6 Å². The summed E-state index contributed by atoms with van der Waals surface area (Å²) in [5, 5.41) is 3.15. The van der Waals surface area contributed by atoms with Crippen LogP contribution < -0.4 is 10.2 Å². The summed E-state index contributed by atoms with van der Waals surface area (Å²) in [6, 6.07) is 15.5. The number of hydrogen-bond acceptors (Lipinski definition) is 3. The topological polar surface area (TPSA) is 62.6 Å². The van der Waals surface area contributed by atoms with Gasteiger partial charge in [0.1, 0.15) is 17.6 Å². The lowest BCUT2D eigenvalue weighted by Crippen LogP contribution is -2.47. The number of anilines is 1. The van der Waals surface area contributed by atoms with Gasteiger partial charge in [-0.15, -0.1) is 0 Å². The number of hydrogen-bond donors (Lipinski definition) is 1. The molecule has 0 spiro atoms. The van der Waals surface area contributed by atoms with E-state index < -0.39 is 11.9 Å². The Morgan fingerprint density at radius 1 is 1.00 bits per heavy atom. The van der Waals surface area contributed by atoms with E-state index in [1.54, 1.807) is 37.3 Å². The molecule has 5 nitrogen and oxygen atoms in total. The number of benzene rings is 2. The second kappa shape index (κ2) is 9.81. The zero-order valence-electron chi connectivity index (χ0n) is 18.1. The SMILES string of the molecule is Cc1occc1C(=O)N(c1ccccc1)[C@@H](C(=O)NC1CCCCC1)c1ccc(F)cc1. The van der Waals surface area contributed by atoms with E-state index >= 15 is 0 Å². The van der Waals surface area contributed by atoms with E-state index in [1.165, 1.54) is 29.7 Å². The minimum absolute atomic E-state index is 0.0718. The molecular formula is C26H27FN2O3. The fourth-order valence-electron chi connectivity index (χ4n) is 4.30. The van der Waals surface area contributed by atoms with Crippen LogP contribution in [-0.2, 0) is 4.79 Å². The van der Waals surface area contributed by atoms with Crippen LogP contribution in [0.4, 0.5) is 10.1 Å². The van der Waals surface area contributed by atoms with Crippen LogP contribution in [-0.4, -0.2) is 17.9 Å². The van der Waals surface area contributed by atoms with Crippen molar-refractivity contribution in [2.45, 2.75) is 51.1 Å². The van der Waals surface area contributed by atoms with Crippen molar-refractivity contribution in [1.82, 2.24) is 5.32 Å². The molecular weight excluding hydrogens is 407 g/mol. The van der Waals surface area contributed by atoms with Gasteiger partial charge in [-0.25, -0.2) is 4.39 Å². The summed E-state index contributed by atoms with van der Waals surface area (Å²) in [7, 11) is 0. The van der Waals surface area contributed by atoms with Crippen LogP contribution in [0.2, 0.25) is 0 Å². The minimum Gasteiger partial charge on any atom is -0.469 e. The molecule has 0 aliphatic heterocycles. The second-order valence-corrected chi connectivity index (χ2v) is 8.20. The van der Waals surface area contributed by atoms with Crippen molar-refractivity contribution in [3.8, 4) is 0 Å². The molecule has 6 heteroatoms.